The Balaban J connectivity index is 2.43. The Hall–Kier alpha value is -1.10. The maximum absolute atomic E-state index is 11.6. The van der Waals surface area contributed by atoms with Crippen molar-refractivity contribution in [1.82, 2.24) is 10.3 Å². The van der Waals surface area contributed by atoms with Crippen LogP contribution < -0.4 is 10.6 Å². The zero-order valence-corrected chi connectivity index (χ0v) is 12.9. The molecule has 100 valence electrons. The van der Waals surface area contributed by atoms with E-state index in [1.165, 1.54) is 0 Å². The minimum absolute atomic E-state index is 0.0405. The highest BCUT2D eigenvalue weighted by molar-refractivity contribution is 9.10. The lowest BCUT2D eigenvalue weighted by Gasteiger charge is -2.20. The van der Waals surface area contributed by atoms with Gasteiger partial charge in [-0.15, -0.1) is 0 Å². The summed E-state index contributed by atoms with van der Waals surface area (Å²) in [5, 5.41) is 6.07. The molecule has 18 heavy (non-hydrogen) atoms. The molecule has 0 aromatic carbocycles. The maximum atomic E-state index is 11.6. The van der Waals surface area contributed by atoms with Gasteiger partial charge < -0.3 is 10.6 Å². The van der Waals surface area contributed by atoms with E-state index in [4.69, 9.17) is 0 Å². The van der Waals surface area contributed by atoms with Crippen molar-refractivity contribution in [3.63, 3.8) is 0 Å². The van der Waals surface area contributed by atoms with E-state index in [-0.39, 0.29) is 11.4 Å². The van der Waals surface area contributed by atoms with Crippen LogP contribution in [0.15, 0.2) is 16.7 Å². The van der Waals surface area contributed by atoms with Gasteiger partial charge in [0.25, 0.3) is 0 Å². The summed E-state index contributed by atoms with van der Waals surface area (Å²) in [6.07, 6.45) is 2.18. The summed E-state index contributed by atoms with van der Waals surface area (Å²) in [5.74, 6) is 0.817. The lowest BCUT2D eigenvalue weighted by Crippen LogP contribution is -2.41. The minimum Gasteiger partial charge on any atom is -0.369 e. The number of pyridine rings is 1. The molecule has 1 heterocycles. The van der Waals surface area contributed by atoms with E-state index < -0.39 is 0 Å². The molecule has 1 amide bonds. The number of nitrogens with zero attached hydrogens (tertiary/aromatic N) is 1. The Morgan fingerprint density at radius 3 is 2.72 bits per heavy atom. The number of aromatic nitrogens is 1. The van der Waals surface area contributed by atoms with E-state index in [9.17, 15) is 4.79 Å². The number of nitrogens with one attached hydrogen (secondary N) is 2. The fourth-order valence-corrected chi connectivity index (χ4v) is 1.81. The zero-order chi connectivity index (χ0) is 13.8. The molecule has 1 aromatic heterocycles. The van der Waals surface area contributed by atoms with Crippen LogP contribution in [-0.2, 0) is 4.79 Å². The van der Waals surface area contributed by atoms with Gasteiger partial charge in [-0.3, -0.25) is 4.79 Å². The molecule has 2 N–H and O–H groups in total. The van der Waals surface area contributed by atoms with Crippen molar-refractivity contribution in [2.75, 3.05) is 11.9 Å². The van der Waals surface area contributed by atoms with Crippen LogP contribution in [0.3, 0.4) is 0 Å². The first-order valence-corrected chi connectivity index (χ1v) is 6.75. The van der Waals surface area contributed by atoms with Crippen molar-refractivity contribution < 1.29 is 4.79 Å². The summed E-state index contributed by atoms with van der Waals surface area (Å²) in [7, 11) is 0. The number of amides is 1. The van der Waals surface area contributed by atoms with Crippen molar-refractivity contribution >= 4 is 27.7 Å². The van der Waals surface area contributed by atoms with E-state index in [1.807, 2.05) is 33.8 Å². The number of carbonyl (C=O) groups is 1. The topological polar surface area (TPSA) is 54.0 Å². The summed E-state index contributed by atoms with van der Waals surface area (Å²) in [4.78, 5) is 15.8. The molecular weight excluding hydrogens is 294 g/mol. The SMILES string of the molecule is Cc1ccnc(NCCC(=O)NC(C)(C)C)c1Br. The lowest BCUT2D eigenvalue weighted by atomic mass is 10.1. The molecule has 5 heteroatoms. The molecule has 0 saturated heterocycles. The van der Waals surface area contributed by atoms with Gasteiger partial charge in [-0.25, -0.2) is 4.98 Å². The van der Waals surface area contributed by atoms with Crippen molar-refractivity contribution in [2.24, 2.45) is 0 Å². The molecule has 1 rings (SSSR count). The first-order valence-electron chi connectivity index (χ1n) is 5.95. The number of anilines is 1. The van der Waals surface area contributed by atoms with Gasteiger partial charge in [-0.05, 0) is 55.3 Å². The van der Waals surface area contributed by atoms with Gasteiger partial charge in [0, 0.05) is 24.7 Å². The first-order chi connectivity index (χ1) is 8.29. The third kappa shape index (κ3) is 5.04. The van der Waals surface area contributed by atoms with E-state index >= 15 is 0 Å². The van der Waals surface area contributed by atoms with Gasteiger partial charge in [0.15, 0.2) is 0 Å². The Kier molecular flexibility index (Phi) is 5.14. The normalized spacial score (nSPS) is 11.2. The van der Waals surface area contributed by atoms with Crippen molar-refractivity contribution in [3.05, 3.63) is 22.3 Å². The number of halogens is 1. The largest absolute Gasteiger partial charge is 0.369 e. The molecule has 4 nitrogen and oxygen atoms in total. The average molecular weight is 314 g/mol. The molecular formula is C13H20BrN3O. The van der Waals surface area contributed by atoms with Gasteiger partial charge in [0.2, 0.25) is 5.91 Å². The number of hydrogen-bond donors (Lipinski definition) is 2. The fraction of sp³-hybridized carbons (Fsp3) is 0.538. The first kappa shape index (κ1) is 15.0. The van der Waals surface area contributed by atoms with Crippen LogP contribution in [0.1, 0.15) is 32.8 Å². The number of hydrogen-bond acceptors (Lipinski definition) is 3. The van der Waals surface area contributed by atoms with Gasteiger partial charge in [-0.2, -0.15) is 0 Å². The molecule has 0 bridgehead atoms. The summed E-state index contributed by atoms with van der Waals surface area (Å²) in [6.45, 7) is 8.48. The molecule has 0 saturated carbocycles. The smallest absolute Gasteiger partial charge is 0.222 e. The zero-order valence-electron chi connectivity index (χ0n) is 11.3. The van der Waals surface area contributed by atoms with Crippen LogP contribution in [0, 0.1) is 6.92 Å². The third-order valence-electron chi connectivity index (χ3n) is 2.24. The predicted molar refractivity (Wildman–Crippen MR) is 77.7 cm³/mol. The van der Waals surface area contributed by atoms with Crippen LogP contribution in [0.2, 0.25) is 0 Å². The summed E-state index contributed by atoms with van der Waals surface area (Å²) < 4.78 is 0.946. The monoisotopic (exact) mass is 313 g/mol. The van der Waals surface area contributed by atoms with Crippen molar-refractivity contribution in [2.45, 2.75) is 39.7 Å². The second kappa shape index (κ2) is 6.18. The Bertz CT molecular complexity index is 427. The average Bonchev–Trinajstić information content (AvgIpc) is 2.21. The molecule has 0 fully saturated rings. The quantitative estimate of drug-likeness (QED) is 0.898. The summed E-state index contributed by atoms with van der Waals surface area (Å²) in [6, 6.07) is 1.93. The standard InChI is InChI=1S/C13H20BrN3O/c1-9-5-7-15-12(11(9)14)16-8-6-10(18)17-13(2,3)4/h5,7H,6,8H2,1-4H3,(H,15,16)(H,17,18). The number of aryl methyl sites for hydroxylation is 1. The second-order valence-electron chi connectivity index (χ2n) is 5.27. The van der Waals surface area contributed by atoms with Crippen molar-refractivity contribution in [1.29, 1.82) is 0 Å². The Morgan fingerprint density at radius 1 is 1.44 bits per heavy atom. The van der Waals surface area contributed by atoms with Crippen LogP contribution in [0.4, 0.5) is 5.82 Å². The second-order valence-corrected chi connectivity index (χ2v) is 6.06. The van der Waals surface area contributed by atoms with Crippen LogP contribution >= 0.6 is 15.9 Å². The van der Waals surface area contributed by atoms with Gasteiger partial charge in [0.1, 0.15) is 5.82 Å². The Labute approximate surface area is 117 Å². The summed E-state index contributed by atoms with van der Waals surface area (Å²) in [5.41, 5.74) is 0.936. The fourth-order valence-electron chi connectivity index (χ4n) is 1.44. The molecule has 0 spiro atoms. The van der Waals surface area contributed by atoms with Crippen LogP contribution in [0.5, 0.6) is 0 Å². The summed E-state index contributed by atoms with van der Waals surface area (Å²) >= 11 is 3.47. The van der Waals surface area contributed by atoms with E-state index in [0.29, 0.717) is 13.0 Å². The third-order valence-corrected chi connectivity index (χ3v) is 3.24. The molecule has 0 aliphatic rings. The molecule has 0 atom stereocenters. The van der Waals surface area contributed by atoms with Gasteiger partial charge in [0.05, 0.1) is 4.47 Å². The predicted octanol–water partition coefficient (Wildman–Crippen LogP) is 2.87. The highest BCUT2D eigenvalue weighted by atomic mass is 79.9. The number of rotatable bonds is 4. The number of carbonyl (C=O) groups excluding carboxylic acids is 1. The van der Waals surface area contributed by atoms with Crippen molar-refractivity contribution in [3.8, 4) is 0 Å². The van der Waals surface area contributed by atoms with E-state index in [2.05, 4.69) is 31.5 Å². The lowest BCUT2D eigenvalue weighted by molar-refractivity contribution is -0.122. The van der Waals surface area contributed by atoms with Crippen LogP contribution in [-0.4, -0.2) is 23.0 Å². The highest BCUT2D eigenvalue weighted by Crippen LogP contribution is 2.22. The molecule has 0 aliphatic carbocycles. The van der Waals surface area contributed by atoms with E-state index in [0.717, 1.165) is 15.9 Å². The molecule has 1 aromatic rings. The van der Waals surface area contributed by atoms with Gasteiger partial charge in [-0.1, -0.05) is 0 Å². The highest BCUT2D eigenvalue weighted by Gasteiger charge is 2.13. The van der Waals surface area contributed by atoms with E-state index in [1.54, 1.807) is 6.20 Å². The van der Waals surface area contributed by atoms with Gasteiger partial charge >= 0.3 is 0 Å². The van der Waals surface area contributed by atoms with Crippen LogP contribution in [0.25, 0.3) is 0 Å². The minimum atomic E-state index is -0.181. The Morgan fingerprint density at radius 2 is 2.11 bits per heavy atom. The molecule has 0 unspecified atom stereocenters. The molecule has 0 aliphatic heterocycles. The maximum Gasteiger partial charge on any atom is 0.222 e. The molecule has 0 radical (unpaired) electrons.